The smallest absolute Gasteiger partial charge is 0.293 e. The van der Waals surface area contributed by atoms with Crippen molar-refractivity contribution in [2.24, 2.45) is 0 Å². The van der Waals surface area contributed by atoms with Crippen molar-refractivity contribution in [1.82, 2.24) is 29.8 Å². The first kappa shape index (κ1) is 16.5. The summed E-state index contributed by atoms with van der Waals surface area (Å²) in [7, 11) is 1.72. The summed E-state index contributed by atoms with van der Waals surface area (Å²) in [6.07, 6.45) is 4.12. The maximum absolute atomic E-state index is 12.8. The summed E-state index contributed by atoms with van der Waals surface area (Å²) in [5.41, 5.74) is 3.03. The number of aromatic amines is 1. The highest BCUT2D eigenvalue weighted by molar-refractivity contribution is 5.94. The molecule has 0 aliphatic carbocycles. The Hall–Kier alpha value is -3.00. The zero-order valence-corrected chi connectivity index (χ0v) is 14.7. The van der Waals surface area contributed by atoms with Crippen LogP contribution >= 0.6 is 0 Å². The van der Waals surface area contributed by atoms with Gasteiger partial charge in [0.15, 0.2) is 5.82 Å². The average molecular weight is 352 g/mol. The van der Waals surface area contributed by atoms with Gasteiger partial charge in [-0.15, -0.1) is 10.2 Å². The Bertz CT molecular complexity index is 1040. The van der Waals surface area contributed by atoms with E-state index in [4.69, 9.17) is 0 Å². The summed E-state index contributed by atoms with van der Waals surface area (Å²) < 4.78 is 1.60. The van der Waals surface area contributed by atoms with Gasteiger partial charge in [-0.25, -0.2) is 0 Å². The second-order valence-corrected chi connectivity index (χ2v) is 6.73. The fraction of sp³-hybridized carbons (Fsp3) is 0.333. The molecule has 2 N–H and O–H groups in total. The topological polar surface area (TPSA) is 95.4 Å². The number of fused-ring (bicyclic) bond motifs is 2. The number of nitrogens with one attached hydrogen (secondary N) is 2. The van der Waals surface area contributed by atoms with Gasteiger partial charge in [-0.05, 0) is 36.6 Å². The maximum atomic E-state index is 12.8. The van der Waals surface area contributed by atoms with E-state index in [0.29, 0.717) is 17.4 Å². The first-order valence-electron chi connectivity index (χ1n) is 8.55. The van der Waals surface area contributed by atoms with E-state index in [-0.39, 0.29) is 23.7 Å². The summed E-state index contributed by atoms with van der Waals surface area (Å²) in [5, 5.41) is 11.4. The first-order valence-corrected chi connectivity index (χ1v) is 8.55. The molecule has 1 aromatic carbocycles. The van der Waals surface area contributed by atoms with Crippen LogP contribution in [-0.4, -0.2) is 43.5 Å². The van der Waals surface area contributed by atoms with Crippen molar-refractivity contribution in [2.45, 2.75) is 32.5 Å². The van der Waals surface area contributed by atoms with Crippen LogP contribution in [-0.2, 0) is 19.5 Å². The van der Waals surface area contributed by atoms with Gasteiger partial charge in [0.1, 0.15) is 0 Å². The molecule has 0 bridgehead atoms. The quantitative estimate of drug-likeness (QED) is 0.724. The van der Waals surface area contributed by atoms with Gasteiger partial charge >= 0.3 is 0 Å². The number of aromatic nitrogens is 4. The molecule has 4 rings (SSSR count). The van der Waals surface area contributed by atoms with Crippen LogP contribution in [0.3, 0.4) is 0 Å². The van der Waals surface area contributed by atoms with Gasteiger partial charge in [0.25, 0.3) is 11.5 Å². The molecular formula is C18H20N6O2. The number of carbonyl (C=O) groups excluding carboxylic acids is 1. The second kappa shape index (κ2) is 6.38. The van der Waals surface area contributed by atoms with Crippen molar-refractivity contribution in [3.8, 4) is 0 Å². The molecule has 1 unspecified atom stereocenters. The first-order chi connectivity index (χ1) is 12.5. The van der Waals surface area contributed by atoms with Gasteiger partial charge in [-0.3, -0.25) is 14.0 Å². The van der Waals surface area contributed by atoms with Crippen LogP contribution in [0.5, 0.6) is 0 Å². The lowest BCUT2D eigenvalue weighted by molar-refractivity contribution is 0.0781. The van der Waals surface area contributed by atoms with Crippen molar-refractivity contribution in [3.63, 3.8) is 0 Å². The van der Waals surface area contributed by atoms with Gasteiger partial charge in [0, 0.05) is 37.6 Å². The molecule has 2 aromatic heterocycles. The SMILES string of the molecule is CC1Cc2cc(C(=O)N(C)Cc3nnc4c(=O)[nH]ccn34)ccc2CN1. The molecule has 1 amide bonds. The van der Waals surface area contributed by atoms with Crippen LogP contribution in [0.4, 0.5) is 0 Å². The van der Waals surface area contributed by atoms with Gasteiger partial charge < -0.3 is 15.2 Å². The van der Waals surface area contributed by atoms with Crippen molar-refractivity contribution >= 4 is 11.6 Å². The van der Waals surface area contributed by atoms with Crippen LogP contribution in [0.15, 0.2) is 35.4 Å². The Kier molecular flexibility index (Phi) is 4.04. The molecule has 3 heterocycles. The van der Waals surface area contributed by atoms with Crippen LogP contribution in [0.2, 0.25) is 0 Å². The Morgan fingerprint density at radius 1 is 1.35 bits per heavy atom. The van der Waals surface area contributed by atoms with Gasteiger partial charge in [-0.1, -0.05) is 6.07 Å². The number of rotatable bonds is 3. The molecule has 0 fully saturated rings. The molecule has 0 radical (unpaired) electrons. The number of hydrogen-bond acceptors (Lipinski definition) is 5. The predicted octanol–water partition coefficient (Wildman–Crippen LogP) is 0.724. The minimum Gasteiger partial charge on any atom is -0.334 e. The summed E-state index contributed by atoms with van der Waals surface area (Å²) in [5.74, 6) is 0.457. The van der Waals surface area contributed by atoms with Crippen LogP contribution in [0.25, 0.3) is 5.65 Å². The van der Waals surface area contributed by atoms with Crippen molar-refractivity contribution in [2.75, 3.05) is 7.05 Å². The Labute approximate surface area is 149 Å². The minimum atomic E-state index is -0.308. The van der Waals surface area contributed by atoms with Gasteiger partial charge in [0.2, 0.25) is 5.65 Å². The lowest BCUT2D eigenvalue weighted by Gasteiger charge is -2.24. The van der Waals surface area contributed by atoms with Gasteiger partial charge in [0.05, 0.1) is 6.54 Å². The minimum absolute atomic E-state index is 0.0828. The molecule has 3 aromatic rings. The van der Waals surface area contributed by atoms with Crippen LogP contribution in [0.1, 0.15) is 34.2 Å². The Morgan fingerprint density at radius 3 is 3.04 bits per heavy atom. The largest absolute Gasteiger partial charge is 0.334 e. The Balaban J connectivity index is 1.57. The molecule has 1 atom stereocenters. The summed E-state index contributed by atoms with van der Waals surface area (Å²) in [6.45, 7) is 3.24. The number of nitrogens with zero attached hydrogens (tertiary/aromatic N) is 4. The zero-order chi connectivity index (χ0) is 18.3. The lowest BCUT2D eigenvalue weighted by Crippen LogP contribution is -2.33. The number of amides is 1. The fourth-order valence-corrected chi connectivity index (χ4v) is 3.31. The number of H-pyrrole nitrogens is 1. The molecule has 1 aliphatic heterocycles. The number of benzene rings is 1. The standard InChI is InChI=1S/C18H20N6O2/c1-11-7-14-8-12(3-4-13(14)9-20-11)18(26)23(2)10-15-21-22-16-17(25)19-5-6-24(15)16/h3-6,8,11,20H,7,9-10H2,1-2H3,(H,19,25). The van der Waals surface area contributed by atoms with Crippen molar-refractivity contribution < 1.29 is 4.79 Å². The molecule has 0 saturated carbocycles. The Morgan fingerprint density at radius 2 is 2.19 bits per heavy atom. The number of hydrogen-bond donors (Lipinski definition) is 2. The van der Waals surface area contributed by atoms with Crippen LogP contribution in [0, 0.1) is 0 Å². The number of carbonyl (C=O) groups is 1. The van der Waals surface area contributed by atoms with Gasteiger partial charge in [-0.2, -0.15) is 0 Å². The van der Waals surface area contributed by atoms with Crippen molar-refractivity contribution in [3.05, 3.63) is 63.5 Å². The monoisotopic (exact) mass is 352 g/mol. The van der Waals surface area contributed by atoms with E-state index in [1.165, 1.54) is 17.3 Å². The van der Waals surface area contributed by atoms with E-state index < -0.39 is 0 Å². The van der Waals surface area contributed by atoms with E-state index in [9.17, 15) is 9.59 Å². The highest BCUT2D eigenvalue weighted by atomic mass is 16.2. The van der Waals surface area contributed by atoms with E-state index >= 15 is 0 Å². The third-order valence-corrected chi connectivity index (χ3v) is 4.75. The molecule has 8 heteroatoms. The lowest BCUT2D eigenvalue weighted by atomic mass is 9.94. The second-order valence-electron chi connectivity index (χ2n) is 6.73. The van der Waals surface area contributed by atoms with E-state index in [0.717, 1.165) is 13.0 Å². The molecule has 0 spiro atoms. The molecular weight excluding hydrogens is 332 g/mol. The van der Waals surface area contributed by atoms with E-state index in [1.54, 1.807) is 22.5 Å². The molecule has 8 nitrogen and oxygen atoms in total. The average Bonchev–Trinajstić information content (AvgIpc) is 3.04. The van der Waals surface area contributed by atoms with E-state index in [2.05, 4.69) is 27.4 Å². The van der Waals surface area contributed by atoms with Crippen LogP contribution < -0.4 is 10.9 Å². The molecule has 0 saturated heterocycles. The normalized spacial score (nSPS) is 16.5. The molecule has 26 heavy (non-hydrogen) atoms. The third-order valence-electron chi connectivity index (χ3n) is 4.75. The predicted molar refractivity (Wildman–Crippen MR) is 95.9 cm³/mol. The fourth-order valence-electron chi connectivity index (χ4n) is 3.31. The summed E-state index contributed by atoms with van der Waals surface area (Å²) in [6, 6.07) is 6.27. The van der Waals surface area contributed by atoms with Crippen molar-refractivity contribution in [1.29, 1.82) is 0 Å². The maximum Gasteiger partial charge on any atom is 0.293 e. The highest BCUT2D eigenvalue weighted by Crippen LogP contribution is 2.19. The summed E-state index contributed by atoms with van der Waals surface area (Å²) in [4.78, 5) is 28.7. The zero-order valence-electron chi connectivity index (χ0n) is 14.7. The summed E-state index contributed by atoms with van der Waals surface area (Å²) >= 11 is 0. The third kappa shape index (κ3) is 2.88. The van der Waals surface area contributed by atoms with E-state index in [1.807, 2.05) is 18.2 Å². The molecule has 134 valence electrons. The highest BCUT2D eigenvalue weighted by Gasteiger charge is 2.19. The molecule has 1 aliphatic rings.